The van der Waals surface area contributed by atoms with Crippen LogP contribution >= 0.6 is 0 Å². The molecule has 0 radical (unpaired) electrons. The van der Waals surface area contributed by atoms with E-state index >= 15 is 0 Å². The third-order valence-electron chi connectivity index (χ3n) is 4.79. The minimum absolute atomic E-state index is 0.157. The number of ether oxygens (including phenoxy) is 1. The summed E-state index contributed by atoms with van der Waals surface area (Å²) >= 11 is 0. The number of rotatable bonds is 7. The van der Waals surface area contributed by atoms with Gasteiger partial charge in [0.1, 0.15) is 18.0 Å². The number of hydrogen-bond acceptors (Lipinski definition) is 3. The fourth-order valence-electron chi connectivity index (χ4n) is 3.23. The quantitative estimate of drug-likeness (QED) is 0.466. The number of carbonyl (C=O) groups excluding carboxylic acids is 1. The topological polar surface area (TPSA) is 55.6 Å². The average molecular weight is 397 g/mol. The minimum atomic E-state index is -0.157. The van der Waals surface area contributed by atoms with Gasteiger partial charge in [-0.2, -0.15) is 0 Å². The number of fused-ring (bicyclic) bond motifs is 1. The van der Waals surface area contributed by atoms with E-state index in [4.69, 9.17) is 4.74 Å². The third-order valence-corrected chi connectivity index (χ3v) is 4.79. The zero-order valence-electron chi connectivity index (χ0n) is 16.8. The van der Waals surface area contributed by atoms with E-state index < -0.39 is 0 Å². The lowest BCUT2D eigenvalue weighted by molar-refractivity contribution is -0.116. The molecule has 4 rings (SSSR count). The van der Waals surface area contributed by atoms with Crippen LogP contribution in [0.3, 0.4) is 0 Å². The molecule has 0 atom stereocenters. The van der Waals surface area contributed by atoms with E-state index in [0.29, 0.717) is 13.2 Å². The van der Waals surface area contributed by atoms with Crippen LogP contribution < -0.4 is 10.1 Å². The van der Waals surface area contributed by atoms with Crippen molar-refractivity contribution in [2.24, 2.45) is 0 Å². The monoisotopic (exact) mass is 397 g/mol. The van der Waals surface area contributed by atoms with E-state index in [1.165, 1.54) is 6.08 Å². The van der Waals surface area contributed by atoms with Crippen molar-refractivity contribution in [3.8, 4) is 5.75 Å². The Morgan fingerprint density at radius 1 is 1.07 bits per heavy atom. The lowest BCUT2D eigenvalue weighted by Gasteiger charge is -2.07. The van der Waals surface area contributed by atoms with E-state index in [2.05, 4.69) is 10.3 Å². The van der Waals surface area contributed by atoms with Gasteiger partial charge in [-0.05, 0) is 48.4 Å². The van der Waals surface area contributed by atoms with Crippen LogP contribution in [-0.2, 0) is 17.9 Å². The predicted octanol–water partition coefficient (Wildman–Crippen LogP) is 4.55. The molecule has 0 saturated carbocycles. The third kappa shape index (κ3) is 4.75. The van der Waals surface area contributed by atoms with Crippen LogP contribution in [0.25, 0.3) is 11.7 Å². The van der Waals surface area contributed by atoms with Crippen molar-refractivity contribution in [1.82, 2.24) is 14.7 Å². The maximum atomic E-state index is 12.3. The van der Waals surface area contributed by atoms with Crippen LogP contribution in [0.15, 0.2) is 85.1 Å². The van der Waals surface area contributed by atoms with Gasteiger partial charge in [0.2, 0.25) is 5.91 Å². The van der Waals surface area contributed by atoms with Crippen molar-refractivity contribution >= 4 is 17.6 Å². The molecule has 5 nitrogen and oxygen atoms in total. The molecule has 150 valence electrons. The van der Waals surface area contributed by atoms with Crippen LogP contribution in [-0.4, -0.2) is 15.3 Å². The van der Waals surface area contributed by atoms with Crippen LogP contribution in [0.1, 0.15) is 22.5 Å². The molecule has 0 saturated heterocycles. The van der Waals surface area contributed by atoms with Gasteiger partial charge in [0, 0.05) is 12.3 Å². The van der Waals surface area contributed by atoms with Gasteiger partial charge in [0.15, 0.2) is 0 Å². The molecule has 2 aromatic heterocycles. The van der Waals surface area contributed by atoms with Gasteiger partial charge in [-0.15, -0.1) is 0 Å². The summed E-state index contributed by atoms with van der Waals surface area (Å²) in [6, 6.07) is 23.6. The summed E-state index contributed by atoms with van der Waals surface area (Å²) in [5, 5.41) is 2.93. The molecular formula is C25H23N3O2. The first kappa shape index (κ1) is 19.5. The number of carbonyl (C=O) groups is 1. The molecule has 4 aromatic rings. The number of benzene rings is 2. The fourth-order valence-corrected chi connectivity index (χ4v) is 3.23. The van der Waals surface area contributed by atoms with E-state index in [-0.39, 0.29) is 5.91 Å². The predicted molar refractivity (Wildman–Crippen MR) is 118 cm³/mol. The minimum Gasteiger partial charge on any atom is -0.489 e. The maximum Gasteiger partial charge on any atom is 0.244 e. The number of hydrogen-bond donors (Lipinski definition) is 1. The Hall–Kier alpha value is -3.86. The molecule has 0 aliphatic carbocycles. The number of amides is 1. The van der Waals surface area contributed by atoms with Crippen molar-refractivity contribution in [2.45, 2.75) is 20.1 Å². The van der Waals surface area contributed by atoms with E-state index in [0.717, 1.165) is 33.9 Å². The molecule has 0 bridgehead atoms. The highest BCUT2D eigenvalue weighted by molar-refractivity contribution is 5.91. The number of nitrogens with zero attached hydrogens (tertiary/aromatic N) is 2. The molecule has 1 N–H and O–H groups in total. The molecule has 30 heavy (non-hydrogen) atoms. The molecule has 0 unspecified atom stereocenters. The Labute approximate surface area is 175 Å². The summed E-state index contributed by atoms with van der Waals surface area (Å²) in [6.07, 6.45) is 5.27. The number of pyridine rings is 1. The van der Waals surface area contributed by atoms with E-state index in [1.54, 1.807) is 6.08 Å². The summed E-state index contributed by atoms with van der Waals surface area (Å²) in [7, 11) is 0. The lowest BCUT2D eigenvalue weighted by atomic mass is 10.2. The van der Waals surface area contributed by atoms with Crippen molar-refractivity contribution in [1.29, 1.82) is 0 Å². The second-order valence-corrected chi connectivity index (χ2v) is 6.97. The van der Waals surface area contributed by atoms with E-state index in [1.807, 2.05) is 90.3 Å². The Balaban J connectivity index is 1.35. The first-order chi connectivity index (χ1) is 14.7. The highest BCUT2D eigenvalue weighted by Crippen LogP contribution is 2.16. The number of aryl methyl sites for hydroxylation is 1. The first-order valence-electron chi connectivity index (χ1n) is 9.84. The van der Waals surface area contributed by atoms with Gasteiger partial charge in [-0.3, -0.25) is 4.79 Å². The SMILES string of the molecule is Cc1nc2ccccn2c1CNC(=O)/C=C/c1cccc(OCc2ccccc2)c1. The lowest BCUT2D eigenvalue weighted by Crippen LogP contribution is -2.21. The van der Waals surface area contributed by atoms with Crippen LogP contribution in [0, 0.1) is 6.92 Å². The summed E-state index contributed by atoms with van der Waals surface area (Å²) in [6.45, 7) is 2.87. The zero-order chi connectivity index (χ0) is 20.8. The molecule has 2 aromatic carbocycles. The van der Waals surface area contributed by atoms with Crippen LogP contribution in [0.4, 0.5) is 0 Å². The molecule has 0 aliphatic rings. The molecule has 1 amide bonds. The normalized spacial score (nSPS) is 11.1. The van der Waals surface area contributed by atoms with E-state index in [9.17, 15) is 4.79 Å². The van der Waals surface area contributed by atoms with Crippen molar-refractivity contribution in [2.75, 3.05) is 0 Å². The van der Waals surface area contributed by atoms with Gasteiger partial charge in [-0.25, -0.2) is 4.98 Å². The molecule has 2 heterocycles. The van der Waals surface area contributed by atoms with Gasteiger partial charge >= 0.3 is 0 Å². The molecule has 0 fully saturated rings. The van der Waals surface area contributed by atoms with Gasteiger partial charge in [0.25, 0.3) is 0 Å². The van der Waals surface area contributed by atoms with Crippen molar-refractivity contribution in [3.05, 3.63) is 108 Å². The molecule has 0 spiro atoms. The molecule has 5 heteroatoms. The van der Waals surface area contributed by atoms with Crippen LogP contribution in [0.2, 0.25) is 0 Å². The van der Waals surface area contributed by atoms with Crippen molar-refractivity contribution in [3.63, 3.8) is 0 Å². The standard InChI is InChI=1S/C25H23N3O2/c1-19-23(28-15-6-5-12-24(28)27-19)17-26-25(29)14-13-20-10-7-11-22(16-20)30-18-21-8-3-2-4-9-21/h2-16H,17-18H2,1H3,(H,26,29)/b14-13+. The number of imidazole rings is 1. The molecule has 0 aliphatic heterocycles. The fraction of sp³-hybridized carbons (Fsp3) is 0.120. The smallest absolute Gasteiger partial charge is 0.244 e. The largest absolute Gasteiger partial charge is 0.489 e. The van der Waals surface area contributed by atoms with Crippen LogP contribution in [0.5, 0.6) is 5.75 Å². The Kier molecular flexibility index (Phi) is 5.90. The highest BCUT2D eigenvalue weighted by Gasteiger charge is 2.08. The van der Waals surface area contributed by atoms with Gasteiger partial charge in [0.05, 0.1) is 17.9 Å². The second-order valence-electron chi connectivity index (χ2n) is 6.97. The van der Waals surface area contributed by atoms with Gasteiger partial charge in [-0.1, -0.05) is 48.5 Å². The number of nitrogens with one attached hydrogen (secondary N) is 1. The number of aromatic nitrogens is 2. The Morgan fingerprint density at radius 3 is 2.77 bits per heavy atom. The molecular weight excluding hydrogens is 374 g/mol. The first-order valence-corrected chi connectivity index (χ1v) is 9.84. The maximum absolute atomic E-state index is 12.3. The van der Waals surface area contributed by atoms with Gasteiger partial charge < -0.3 is 14.5 Å². The Morgan fingerprint density at radius 2 is 1.90 bits per heavy atom. The Bertz CT molecular complexity index is 1180. The van der Waals surface area contributed by atoms with Crippen molar-refractivity contribution < 1.29 is 9.53 Å². The summed E-state index contributed by atoms with van der Waals surface area (Å²) in [4.78, 5) is 16.8. The highest BCUT2D eigenvalue weighted by atomic mass is 16.5. The summed E-state index contributed by atoms with van der Waals surface area (Å²) in [5.41, 5.74) is 4.78. The average Bonchev–Trinajstić information content (AvgIpc) is 3.11. The summed E-state index contributed by atoms with van der Waals surface area (Å²) < 4.78 is 7.84. The zero-order valence-corrected chi connectivity index (χ0v) is 16.8. The summed E-state index contributed by atoms with van der Waals surface area (Å²) in [5.74, 6) is 0.610. The second kappa shape index (κ2) is 9.09.